The zero-order valence-corrected chi connectivity index (χ0v) is 24.0. The lowest BCUT2D eigenvalue weighted by Crippen LogP contribution is -2.55. The van der Waals surface area contributed by atoms with Crippen molar-refractivity contribution in [3.63, 3.8) is 0 Å². The molecule has 0 radical (unpaired) electrons. The summed E-state index contributed by atoms with van der Waals surface area (Å²) in [6, 6.07) is 2.61. The maximum Gasteiger partial charge on any atom is 0.194 e. The van der Waals surface area contributed by atoms with Crippen LogP contribution in [0.4, 0.5) is 0 Å². The molecule has 4 saturated carbocycles. The molecule has 0 saturated heterocycles. The van der Waals surface area contributed by atoms with Crippen molar-refractivity contribution in [3.8, 4) is 0 Å². The number of rotatable bonds is 4. The Kier molecular flexibility index (Phi) is 13.3. The van der Waals surface area contributed by atoms with Gasteiger partial charge in [-0.2, -0.15) is 0 Å². The van der Waals surface area contributed by atoms with Gasteiger partial charge in [0.1, 0.15) is 0 Å². The monoisotopic (exact) mass is 499 g/mol. The lowest BCUT2D eigenvalue weighted by Gasteiger charge is -2.43. The van der Waals surface area contributed by atoms with Crippen molar-refractivity contribution in [2.75, 3.05) is 0 Å². The molecule has 4 aliphatic carbocycles. The molecule has 0 bridgehead atoms. The van der Waals surface area contributed by atoms with E-state index < -0.39 is 0 Å². The van der Waals surface area contributed by atoms with Gasteiger partial charge in [0.05, 0.1) is 6.04 Å². The number of aliphatic imine (C=N–C) groups is 1. The number of hydrogen-bond acceptors (Lipinski definition) is 1. The van der Waals surface area contributed by atoms with Crippen LogP contribution in [-0.2, 0) is 0 Å². The Morgan fingerprint density at radius 1 is 0.417 bits per heavy atom. The highest BCUT2D eigenvalue weighted by Gasteiger charge is 2.31. The van der Waals surface area contributed by atoms with E-state index in [9.17, 15) is 0 Å². The van der Waals surface area contributed by atoms with Gasteiger partial charge in [0.15, 0.2) is 5.96 Å². The predicted octanol–water partition coefficient (Wildman–Crippen LogP) is 9.69. The van der Waals surface area contributed by atoms with E-state index in [4.69, 9.17) is 4.99 Å². The first-order valence-corrected chi connectivity index (χ1v) is 17.0. The molecule has 4 rings (SSSR count). The van der Waals surface area contributed by atoms with Crippen LogP contribution in [0.5, 0.6) is 0 Å². The Hall–Kier alpha value is -0.730. The summed E-state index contributed by atoms with van der Waals surface area (Å²) in [5.74, 6) is 1.38. The molecule has 0 unspecified atom stereocenters. The van der Waals surface area contributed by atoms with E-state index >= 15 is 0 Å². The van der Waals surface area contributed by atoms with Crippen molar-refractivity contribution in [1.29, 1.82) is 0 Å². The molecule has 0 aromatic carbocycles. The third kappa shape index (κ3) is 9.86. The largest absolute Gasteiger partial charge is 0.353 e. The molecule has 0 atom stereocenters. The molecule has 0 aromatic heterocycles. The zero-order valence-electron chi connectivity index (χ0n) is 24.0. The molecule has 0 spiro atoms. The second kappa shape index (κ2) is 17.0. The van der Waals surface area contributed by atoms with Gasteiger partial charge in [-0.25, -0.2) is 4.99 Å². The fourth-order valence-corrected chi connectivity index (χ4v) is 7.77. The van der Waals surface area contributed by atoms with Crippen LogP contribution in [0, 0.1) is 0 Å². The fourth-order valence-electron chi connectivity index (χ4n) is 7.77. The van der Waals surface area contributed by atoms with Crippen LogP contribution in [0.15, 0.2) is 4.99 Å². The minimum absolute atomic E-state index is 0.547. The molecule has 1 N–H and O–H groups in total. The zero-order chi connectivity index (χ0) is 24.7. The van der Waals surface area contributed by atoms with Gasteiger partial charge in [-0.05, 0) is 51.4 Å². The summed E-state index contributed by atoms with van der Waals surface area (Å²) in [4.78, 5) is 8.76. The Balaban J connectivity index is 1.61. The van der Waals surface area contributed by atoms with Gasteiger partial charge in [0.25, 0.3) is 0 Å². The Morgan fingerprint density at radius 2 is 0.750 bits per heavy atom. The van der Waals surface area contributed by atoms with E-state index in [2.05, 4.69) is 10.2 Å². The molecule has 0 heterocycles. The van der Waals surface area contributed by atoms with Crippen LogP contribution >= 0.6 is 0 Å². The van der Waals surface area contributed by atoms with Crippen LogP contribution < -0.4 is 5.32 Å². The van der Waals surface area contributed by atoms with E-state index in [1.165, 1.54) is 186 Å². The number of nitrogens with zero attached hydrogens (tertiary/aromatic N) is 2. The summed E-state index contributed by atoms with van der Waals surface area (Å²) in [7, 11) is 0. The van der Waals surface area contributed by atoms with E-state index in [1.807, 2.05) is 0 Å². The van der Waals surface area contributed by atoms with Gasteiger partial charge in [0.2, 0.25) is 0 Å². The molecule has 0 amide bonds. The normalized spacial score (nSPS) is 26.8. The highest BCUT2D eigenvalue weighted by molar-refractivity contribution is 5.81. The minimum atomic E-state index is 0.547. The average molecular weight is 500 g/mol. The molecule has 3 nitrogen and oxygen atoms in total. The van der Waals surface area contributed by atoms with Crippen LogP contribution in [0.3, 0.4) is 0 Å². The maximum absolute atomic E-state index is 5.78. The molecule has 3 heteroatoms. The smallest absolute Gasteiger partial charge is 0.194 e. The Bertz CT molecular complexity index is 548. The second-order valence-electron chi connectivity index (χ2n) is 13.0. The Morgan fingerprint density at radius 3 is 1.17 bits per heavy atom. The van der Waals surface area contributed by atoms with Crippen LogP contribution in [-0.4, -0.2) is 35.0 Å². The van der Waals surface area contributed by atoms with Gasteiger partial charge in [-0.15, -0.1) is 0 Å². The summed E-state index contributed by atoms with van der Waals surface area (Å²) in [6.07, 6.45) is 39.5. The first kappa shape index (κ1) is 28.3. The van der Waals surface area contributed by atoms with E-state index in [0.29, 0.717) is 24.2 Å². The second-order valence-corrected chi connectivity index (χ2v) is 13.0. The summed E-state index contributed by atoms with van der Waals surface area (Å²) in [6.45, 7) is 0. The summed E-state index contributed by atoms with van der Waals surface area (Å²) >= 11 is 0. The van der Waals surface area contributed by atoms with Gasteiger partial charge >= 0.3 is 0 Å². The number of guanidine groups is 1. The van der Waals surface area contributed by atoms with Crippen molar-refractivity contribution in [2.45, 2.75) is 204 Å². The van der Waals surface area contributed by atoms with Crippen molar-refractivity contribution in [2.24, 2.45) is 4.99 Å². The summed E-state index contributed by atoms with van der Waals surface area (Å²) < 4.78 is 0. The van der Waals surface area contributed by atoms with Gasteiger partial charge in [-0.1, -0.05) is 128 Å². The van der Waals surface area contributed by atoms with Crippen molar-refractivity contribution >= 4 is 5.96 Å². The highest BCUT2D eigenvalue weighted by Crippen LogP contribution is 2.30. The van der Waals surface area contributed by atoms with Gasteiger partial charge < -0.3 is 10.2 Å². The molecule has 0 aromatic rings. The first-order valence-electron chi connectivity index (χ1n) is 17.0. The van der Waals surface area contributed by atoms with Gasteiger partial charge in [-0.3, -0.25) is 0 Å². The first-order chi connectivity index (χ1) is 17.9. The molecule has 4 fully saturated rings. The van der Waals surface area contributed by atoms with Crippen molar-refractivity contribution < 1.29 is 0 Å². The minimum Gasteiger partial charge on any atom is -0.353 e. The van der Waals surface area contributed by atoms with Crippen LogP contribution in [0.25, 0.3) is 0 Å². The van der Waals surface area contributed by atoms with Crippen molar-refractivity contribution in [3.05, 3.63) is 0 Å². The molecule has 0 aliphatic heterocycles. The third-order valence-corrected chi connectivity index (χ3v) is 10.00. The molecule has 4 aliphatic rings. The highest BCUT2D eigenvalue weighted by atomic mass is 15.3. The lowest BCUT2D eigenvalue weighted by atomic mass is 9.90. The lowest BCUT2D eigenvalue weighted by molar-refractivity contribution is 0.164. The summed E-state index contributed by atoms with van der Waals surface area (Å²) in [5.41, 5.74) is 0. The quantitative estimate of drug-likeness (QED) is 0.308. The summed E-state index contributed by atoms with van der Waals surface area (Å²) in [5, 5.41) is 4.25. The molecular weight excluding hydrogens is 438 g/mol. The molecule has 36 heavy (non-hydrogen) atoms. The molecular formula is C33H61N3. The third-order valence-electron chi connectivity index (χ3n) is 10.00. The number of nitrogens with one attached hydrogen (secondary N) is 1. The Labute approximate surface area is 225 Å². The molecule has 208 valence electrons. The number of hydrogen-bond donors (Lipinski definition) is 1. The van der Waals surface area contributed by atoms with Crippen LogP contribution in [0.2, 0.25) is 0 Å². The standard InChI is InChI=1S/C33H61N3/c1-5-13-21-29(22-14-6-1)34-33(35-30-23-15-7-2-8-16-24-30)36(31-25-17-9-3-10-18-26-31)32-27-19-11-4-12-20-28-32/h29-32H,1-28H2,(H,34,35). The van der Waals surface area contributed by atoms with Crippen LogP contribution in [0.1, 0.15) is 180 Å². The van der Waals surface area contributed by atoms with Gasteiger partial charge in [0, 0.05) is 18.1 Å². The maximum atomic E-state index is 5.78. The van der Waals surface area contributed by atoms with E-state index in [-0.39, 0.29) is 0 Å². The average Bonchev–Trinajstić information content (AvgIpc) is 2.79. The topological polar surface area (TPSA) is 27.6 Å². The fraction of sp³-hybridized carbons (Fsp3) is 0.970. The van der Waals surface area contributed by atoms with E-state index in [1.54, 1.807) is 0 Å². The predicted molar refractivity (Wildman–Crippen MR) is 157 cm³/mol. The van der Waals surface area contributed by atoms with Crippen molar-refractivity contribution in [1.82, 2.24) is 10.2 Å². The SMILES string of the molecule is C1CCCC(N=C(NC2CCCCCCC2)N(C2CCCCCCC2)C2CCCCCCC2)CCC1. The van der Waals surface area contributed by atoms with E-state index in [0.717, 1.165) is 0 Å².